The quantitative estimate of drug-likeness (QED) is 0.681. The molecule has 6 nitrogen and oxygen atoms in total. The van der Waals surface area contributed by atoms with E-state index in [0.29, 0.717) is 18.9 Å². The van der Waals surface area contributed by atoms with Crippen LogP contribution in [0.3, 0.4) is 0 Å². The van der Waals surface area contributed by atoms with Gasteiger partial charge in [0.25, 0.3) is 0 Å². The van der Waals surface area contributed by atoms with E-state index in [1.807, 2.05) is 44.2 Å². The van der Waals surface area contributed by atoms with Gasteiger partial charge in [0, 0.05) is 49.1 Å². The Morgan fingerprint density at radius 1 is 1.16 bits per heavy atom. The molecule has 1 aromatic carbocycles. The molecular formula is C18H20N4O2S. The van der Waals surface area contributed by atoms with Gasteiger partial charge < -0.3 is 14.8 Å². The van der Waals surface area contributed by atoms with E-state index in [0.717, 1.165) is 33.5 Å². The molecule has 0 fully saturated rings. The molecule has 0 saturated heterocycles. The number of rotatable bonds is 7. The number of nitrogens with one attached hydrogen (secondary N) is 1. The molecule has 0 unspecified atom stereocenters. The minimum absolute atomic E-state index is 0.581. The van der Waals surface area contributed by atoms with Crippen LogP contribution in [0.5, 0.6) is 11.6 Å². The molecule has 0 spiro atoms. The smallest absolute Gasteiger partial charge is 0.219 e. The van der Waals surface area contributed by atoms with E-state index < -0.39 is 0 Å². The maximum atomic E-state index is 5.93. The Bertz CT molecular complexity index is 851. The van der Waals surface area contributed by atoms with E-state index in [4.69, 9.17) is 9.47 Å². The van der Waals surface area contributed by atoms with Gasteiger partial charge in [-0.3, -0.25) is 0 Å². The van der Waals surface area contributed by atoms with Gasteiger partial charge >= 0.3 is 0 Å². The van der Waals surface area contributed by atoms with Gasteiger partial charge in [-0.05, 0) is 37.1 Å². The van der Waals surface area contributed by atoms with Gasteiger partial charge in [0.2, 0.25) is 11.0 Å². The van der Waals surface area contributed by atoms with E-state index in [2.05, 4.69) is 19.7 Å². The Morgan fingerprint density at radius 3 is 2.84 bits per heavy atom. The number of hydrogen-bond acceptors (Lipinski definition) is 7. The van der Waals surface area contributed by atoms with Crippen LogP contribution in [0.15, 0.2) is 36.5 Å². The topological polar surface area (TPSA) is 69.2 Å². The summed E-state index contributed by atoms with van der Waals surface area (Å²) >= 11 is 1.33. The number of nitrogens with zero attached hydrogens (tertiary/aromatic N) is 3. The summed E-state index contributed by atoms with van der Waals surface area (Å²) in [5.41, 5.74) is 3.03. The number of aryl methyl sites for hydroxylation is 2. The number of benzene rings is 1. The third kappa shape index (κ3) is 4.74. The molecular weight excluding hydrogens is 336 g/mol. The Hall–Kier alpha value is -2.51. The van der Waals surface area contributed by atoms with Crippen molar-refractivity contribution < 1.29 is 9.47 Å². The van der Waals surface area contributed by atoms with Crippen molar-refractivity contribution in [2.45, 2.75) is 20.3 Å². The molecule has 3 rings (SSSR count). The lowest BCUT2D eigenvalue weighted by atomic mass is 10.2. The van der Waals surface area contributed by atoms with Crippen molar-refractivity contribution in [3.8, 4) is 11.6 Å². The van der Waals surface area contributed by atoms with Gasteiger partial charge in [-0.2, -0.15) is 4.37 Å². The normalized spacial score (nSPS) is 10.7. The minimum atomic E-state index is 0.581. The van der Waals surface area contributed by atoms with Crippen LogP contribution in [0.25, 0.3) is 0 Å². The highest BCUT2D eigenvalue weighted by Gasteiger charge is 2.08. The van der Waals surface area contributed by atoms with Crippen molar-refractivity contribution in [2.75, 3.05) is 19.0 Å². The summed E-state index contributed by atoms with van der Waals surface area (Å²) in [6, 6.07) is 9.78. The Balaban J connectivity index is 1.73. The monoisotopic (exact) mass is 356 g/mol. The van der Waals surface area contributed by atoms with Crippen molar-refractivity contribution in [3.63, 3.8) is 0 Å². The fourth-order valence-corrected chi connectivity index (χ4v) is 2.82. The molecule has 1 N–H and O–H groups in total. The highest BCUT2D eigenvalue weighted by molar-refractivity contribution is 7.09. The zero-order valence-electron chi connectivity index (χ0n) is 14.4. The lowest BCUT2D eigenvalue weighted by molar-refractivity contribution is 0.201. The molecule has 0 aliphatic carbocycles. The zero-order valence-corrected chi connectivity index (χ0v) is 15.3. The van der Waals surface area contributed by atoms with Gasteiger partial charge in [-0.15, -0.1) is 0 Å². The Morgan fingerprint density at radius 2 is 2.04 bits per heavy atom. The fourth-order valence-electron chi connectivity index (χ4n) is 2.19. The van der Waals surface area contributed by atoms with Crippen LogP contribution >= 0.6 is 11.5 Å². The lowest BCUT2D eigenvalue weighted by Crippen LogP contribution is -1.97. The summed E-state index contributed by atoms with van der Waals surface area (Å²) in [6.07, 6.45) is 2.45. The largest absolute Gasteiger partial charge is 0.439 e. The third-order valence-corrected chi connectivity index (χ3v) is 4.21. The summed E-state index contributed by atoms with van der Waals surface area (Å²) in [5, 5.41) is 4.01. The zero-order chi connectivity index (χ0) is 17.6. The van der Waals surface area contributed by atoms with Crippen LogP contribution in [0.2, 0.25) is 0 Å². The first-order valence-electron chi connectivity index (χ1n) is 7.94. The molecule has 0 atom stereocenters. The highest BCUT2D eigenvalue weighted by Crippen LogP contribution is 2.29. The van der Waals surface area contributed by atoms with Crippen LogP contribution in [0.4, 0.5) is 10.8 Å². The van der Waals surface area contributed by atoms with E-state index in [9.17, 15) is 0 Å². The van der Waals surface area contributed by atoms with Crippen LogP contribution in [0.1, 0.15) is 17.0 Å². The van der Waals surface area contributed by atoms with Gasteiger partial charge in [0.15, 0.2) is 0 Å². The summed E-state index contributed by atoms with van der Waals surface area (Å²) in [4.78, 5) is 8.70. The first kappa shape index (κ1) is 17.3. The van der Waals surface area contributed by atoms with Gasteiger partial charge in [-0.1, -0.05) is 6.07 Å². The van der Waals surface area contributed by atoms with Crippen molar-refractivity contribution >= 4 is 22.4 Å². The average Bonchev–Trinajstić information content (AvgIpc) is 3.03. The molecule has 0 radical (unpaired) electrons. The molecule has 0 amide bonds. The first-order chi connectivity index (χ1) is 12.1. The summed E-state index contributed by atoms with van der Waals surface area (Å²) in [5.74, 6) is 2.12. The number of ether oxygens (including phenoxy) is 2. The van der Waals surface area contributed by atoms with Gasteiger partial charge in [0.05, 0.1) is 6.61 Å². The first-order valence-corrected chi connectivity index (χ1v) is 8.71. The highest BCUT2D eigenvalue weighted by atomic mass is 32.1. The van der Waals surface area contributed by atoms with Crippen LogP contribution in [0, 0.1) is 13.8 Å². The Labute approximate surface area is 151 Å². The standard InChI is InChI=1S/C18H20N4O2S/c1-12-6-8-19-17(10-12)24-15-11-14(5-4-13(15)2)20-18-21-16(22-25-18)7-9-23-3/h4-6,8,10-11H,7,9H2,1-3H3,(H,20,21,22). The average molecular weight is 356 g/mol. The van der Waals surface area contributed by atoms with Crippen molar-refractivity contribution in [1.29, 1.82) is 0 Å². The second-order valence-electron chi connectivity index (χ2n) is 5.64. The van der Waals surface area contributed by atoms with Crippen molar-refractivity contribution in [2.24, 2.45) is 0 Å². The second-order valence-corrected chi connectivity index (χ2v) is 6.39. The predicted molar refractivity (Wildman–Crippen MR) is 99.0 cm³/mol. The van der Waals surface area contributed by atoms with Gasteiger partial charge in [0.1, 0.15) is 11.6 Å². The third-order valence-electron chi connectivity index (χ3n) is 3.54. The molecule has 2 aromatic heterocycles. The van der Waals surface area contributed by atoms with E-state index in [1.54, 1.807) is 13.3 Å². The number of hydrogen-bond donors (Lipinski definition) is 1. The van der Waals surface area contributed by atoms with Crippen molar-refractivity contribution in [1.82, 2.24) is 14.3 Å². The maximum absolute atomic E-state index is 5.93. The van der Waals surface area contributed by atoms with Crippen molar-refractivity contribution in [3.05, 3.63) is 53.5 Å². The molecule has 0 bridgehead atoms. The van der Waals surface area contributed by atoms with Gasteiger partial charge in [-0.25, -0.2) is 9.97 Å². The minimum Gasteiger partial charge on any atom is -0.439 e. The van der Waals surface area contributed by atoms with Crippen LogP contribution < -0.4 is 10.1 Å². The fraction of sp³-hybridized carbons (Fsp3) is 0.278. The summed E-state index contributed by atoms with van der Waals surface area (Å²) in [7, 11) is 1.67. The van der Waals surface area contributed by atoms with E-state index in [-0.39, 0.29) is 0 Å². The Kier molecular flexibility index (Phi) is 5.57. The predicted octanol–water partition coefficient (Wildman–Crippen LogP) is 4.27. The number of anilines is 2. The molecule has 25 heavy (non-hydrogen) atoms. The second kappa shape index (κ2) is 8.04. The number of methoxy groups -OCH3 is 1. The van der Waals surface area contributed by atoms with E-state index >= 15 is 0 Å². The van der Waals surface area contributed by atoms with Crippen LogP contribution in [-0.4, -0.2) is 28.1 Å². The molecule has 130 valence electrons. The lowest BCUT2D eigenvalue weighted by Gasteiger charge is -2.10. The number of pyridine rings is 1. The summed E-state index contributed by atoms with van der Waals surface area (Å²) in [6.45, 7) is 4.63. The summed E-state index contributed by atoms with van der Waals surface area (Å²) < 4.78 is 15.3. The SMILES string of the molecule is COCCc1nsc(Nc2ccc(C)c(Oc3cc(C)ccn3)c2)n1. The molecule has 2 heterocycles. The molecule has 7 heteroatoms. The van der Waals surface area contributed by atoms with Crippen LogP contribution in [-0.2, 0) is 11.2 Å². The molecule has 0 saturated carbocycles. The number of aromatic nitrogens is 3. The molecule has 0 aliphatic rings. The molecule has 0 aliphatic heterocycles. The van der Waals surface area contributed by atoms with E-state index in [1.165, 1.54) is 11.5 Å². The molecule has 3 aromatic rings. The maximum Gasteiger partial charge on any atom is 0.219 e.